The van der Waals surface area contributed by atoms with Crippen LogP contribution in [0, 0.1) is 6.92 Å². The van der Waals surface area contributed by atoms with Crippen LogP contribution in [0.1, 0.15) is 29.9 Å². The summed E-state index contributed by atoms with van der Waals surface area (Å²) in [5.41, 5.74) is 5.36. The van der Waals surface area contributed by atoms with Gasteiger partial charge in [0.2, 0.25) is 0 Å². The molecule has 0 saturated heterocycles. The normalized spacial score (nSPS) is 12.4. The molecule has 1 atom stereocenters. The minimum absolute atomic E-state index is 0.171. The van der Waals surface area contributed by atoms with Crippen molar-refractivity contribution in [3.05, 3.63) is 88.8 Å². The molecular weight excluding hydrogens is 356 g/mol. The first-order chi connectivity index (χ1) is 13.1. The topological polar surface area (TPSA) is 42.7 Å². The molecule has 5 heteroatoms. The molecule has 0 amide bonds. The Morgan fingerprint density at radius 3 is 2.70 bits per heavy atom. The van der Waals surface area contributed by atoms with E-state index >= 15 is 0 Å². The quantitative estimate of drug-likeness (QED) is 0.518. The summed E-state index contributed by atoms with van der Waals surface area (Å²) in [6.45, 7) is 4.95. The first kappa shape index (κ1) is 17.7. The van der Waals surface area contributed by atoms with Crippen molar-refractivity contribution in [2.75, 3.05) is 0 Å². The lowest BCUT2D eigenvalue weighted by molar-refractivity contribution is 0.566. The van der Waals surface area contributed by atoms with E-state index in [1.165, 1.54) is 5.56 Å². The van der Waals surface area contributed by atoms with Crippen molar-refractivity contribution in [3.63, 3.8) is 0 Å². The first-order valence-electron chi connectivity index (χ1n) is 9.00. The molecule has 0 fully saturated rings. The van der Waals surface area contributed by atoms with E-state index in [2.05, 4.69) is 42.5 Å². The highest BCUT2D eigenvalue weighted by Gasteiger charge is 2.14. The molecule has 27 heavy (non-hydrogen) atoms. The summed E-state index contributed by atoms with van der Waals surface area (Å²) in [5, 5.41) is 9.90. The van der Waals surface area contributed by atoms with Gasteiger partial charge in [-0.2, -0.15) is 5.10 Å². The number of aromatic nitrogens is 3. The second kappa shape index (κ2) is 7.51. The fourth-order valence-electron chi connectivity index (χ4n) is 3.28. The number of halogens is 1. The Hall–Kier alpha value is -2.69. The van der Waals surface area contributed by atoms with Gasteiger partial charge in [-0.25, -0.2) is 4.68 Å². The minimum atomic E-state index is 0.171. The highest BCUT2D eigenvalue weighted by atomic mass is 35.5. The van der Waals surface area contributed by atoms with Gasteiger partial charge in [0, 0.05) is 34.3 Å². The van der Waals surface area contributed by atoms with Crippen LogP contribution in [-0.2, 0) is 6.54 Å². The average Bonchev–Trinajstić information content (AvgIpc) is 3.08. The number of pyridine rings is 1. The molecule has 2 heterocycles. The van der Waals surface area contributed by atoms with Crippen LogP contribution in [0.5, 0.6) is 0 Å². The van der Waals surface area contributed by atoms with Gasteiger partial charge in [-0.15, -0.1) is 0 Å². The number of hydrogen-bond donors (Lipinski definition) is 1. The monoisotopic (exact) mass is 376 g/mol. The standard InChI is InChI=1S/C22H21ClN4/c1-15(21-14-25-27(16(21)2)20-6-4-3-5-7-20)24-13-19-10-8-17-12-18(23)9-11-22(17)26-19/h3-12,14-15,24H,13H2,1-2H3. The molecule has 4 nitrogen and oxygen atoms in total. The van der Waals surface area contributed by atoms with Crippen LogP contribution in [0.15, 0.2) is 66.9 Å². The van der Waals surface area contributed by atoms with Gasteiger partial charge >= 0.3 is 0 Å². The van der Waals surface area contributed by atoms with E-state index < -0.39 is 0 Å². The maximum Gasteiger partial charge on any atom is 0.0706 e. The molecule has 0 aliphatic rings. The molecule has 136 valence electrons. The van der Waals surface area contributed by atoms with Gasteiger partial charge in [0.1, 0.15) is 0 Å². The molecule has 0 spiro atoms. The van der Waals surface area contributed by atoms with Crippen molar-refractivity contribution in [2.24, 2.45) is 0 Å². The predicted octanol–water partition coefficient (Wildman–Crippen LogP) is 5.23. The zero-order valence-corrected chi connectivity index (χ0v) is 16.1. The van der Waals surface area contributed by atoms with Gasteiger partial charge in [0.25, 0.3) is 0 Å². The summed E-state index contributed by atoms with van der Waals surface area (Å²) in [6.07, 6.45) is 1.94. The third kappa shape index (κ3) is 3.72. The van der Waals surface area contributed by atoms with Crippen LogP contribution in [0.3, 0.4) is 0 Å². The van der Waals surface area contributed by atoms with Crippen LogP contribution in [0.2, 0.25) is 5.02 Å². The van der Waals surface area contributed by atoms with E-state index in [9.17, 15) is 0 Å². The molecule has 0 saturated carbocycles. The molecule has 0 aliphatic carbocycles. The molecule has 2 aromatic carbocycles. The average molecular weight is 377 g/mol. The first-order valence-corrected chi connectivity index (χ1v) is 9.38. The maximum atomic E-state index is 6.04. The zero-order chi connectivity index (χ0) is 18.8. The number of benzene rings is 2. The minimum Gasteiger partial charge on any atom is -0.304 e. The van der Waals surface area contributed by atoms with Crippen molar-refractivity contribution in [1.82, 2.24) is 20.1 Å². The summed E-state index contributed by atoms with van der Waals surface area (Å²) in [7, 11) is 0. The van der Waals surface area contributed by atoms with E-state index in [0.29, 0.717) is 6.54 Å². The number of fused-ring (bicyclic) bond motifs is 1. The van der Waals surface area contributed by atoms with Crippen LogP contribution in [0.4, 0.5) is 0 Å². The second-order valence-corrected chi connectivity index (χ2v) is 7.11. The van der Waals surface area contributed by atoms with Gasteiger partial charge < -0.3 is 5.32 Å². The highest BCUT2D eigenvalue weighted by Crippen LogP contribution is 2.21. The molecule has 2 aromatic heterocycles. The van der Waals surface area contributed by atoms with E-state index in [0.717, 1.165) is 33.0 Å². The molecule has 1 N–H and O–H groups in total. The lowest BCUT2D eigenvalue weighted by atomic mass is 10.1. The Kier molecular flexibility index (Phi) is 4.92. The fourth-order valence-corrected chi connectivity index (χ4v) is 3.46. The lowest BCUT2D eigenvalue weighted by Crippen LogP contribution is -2.19. The number of nitrogens with one attached hydrogen (secondary N) is 1. The highest BCUT2D eigenvalue weighted by molar-refractivity contribution is 6.31. The molecule has 0 aliphatic heterocycles. The van der Waals surface area contributed by atoms with E-state index in [4.69, 9.17) is 16.6 Å². The van der Waals surface area contributed by atoms with Crippen LogP contribution in [-0.4, -0.2) is 14.8 Å². The largest absolute Gasteiger partial charge is 0.304 e. The lowest BCUT2D eigenvalue weighted by Gasteiger charge is -2.14. The maximum absolute atomic E-state index is 6.04. The summed E-state index contributed by atoms with van der Waals surface area (Å²) in [6, 6.07) is 20.2. The Morgan fingerprint density at radius 1 is 1.07 bits per heavy atom. The van der Waals surface area contributed by atoms with E-state index in [1.54, 1.807) is 0 Å². The van der Waals surface area contributed by atoms with Crippen LogP contribution < -0.4 is 5.32 Å². The Balaban J connectivity index is 1.49. The number of rotatable bonds is 5. The number of para-hydroxylation sites is 1. The summed E-state index contributed by atoms with van der Waals surface area (Å²) >= 11 is 6.04. The molecule has 4 rings (SSSR count). The zero-order valence-electron chi connectivity index (χ0n) is 15.4. The van der Waals surface area contributed by atoms with Crippen molar-refractivity contribution in [1.29, 1.82) is 0 Å². The third-order valence-electron chi connectivity index (χ3n) is 4.81. The van der Waals surface area contributed by atoms with Gasteiger partial charge in [-0.05, 0) is 50.2 Å². The molecule has 4 aromatic rings. The molecular formula is C22H21ClN4. The molecule has 0 bridgehead atoms. The third-order valence-corrected chi connectivity index (χ3v) is 5.05. The van der Waals surface area contributed by atoms with Crippen molar-refractivity contribution in [2.45, 2.75) is 26.4 Å². The van der Waals surface area contributed by atoms with Gasteiger partial charge in [0.05, 0.1) is 23.1 Å². The van der Waals surface area contributed by atoms with Crippen LogP contribution >= 0.6 is 11.6 Å². The summed E-state index contributed by atoms with van der Waals surface area (Å²) < 4.78 is 1.98. The second-order valence-electron chi connectivity index (χ2n) is 6.67. The Morgan fingerprint density at radius 2 is 1.89 bits per heavy atom. The van der Waals surface area contributed by atoms with Crippen molar-refractivity contribution in [3.8, 4) is 5.69 Å². The van der Waals surface area contributed by atoms with Gasteiger partial charge in [-0.3, -0.25) is 4.98 Å². The number of nitrogens with zero attached hydrogens (tertiary/aromatic N) is 3. The van der Waals surface area contributed by atoms with E-state index in [1.807, 2.05) is 53.3 Å². The van der Waals surface area contributed by atoms with Gasteiger partial charge in [0.15, 0.2) is 0 Å². The van der Waals surface area contributed by atoms with Gasteiger partial charge in [-0.1, -0.05) is 35.9 Å². The van der Waals surface area contributed by atoms with Crippen LogP contribution in [0.25, 0.3) is 16.6 Å². The smallest absolute Gasteiger partial charge is 0.0706 e. The fraction of sp³-hybridized carbons (Fsp3) is 0.182. The van der Waals surface area contributed by atoms with Crippen molar-refractivity contribution >= 4 is 22.5 Å². The molecule has 0 radical (unpaired) electrons. The Bertz CT molecular complexity index is 1070. The van der Waals surface area contributed by atoms with E-state index in [-0.39, 0.29) is 6.04 Å². The Labute approximate surface area is 163 Å². The summed E-state index contributed by atoms with van der Waals surface area (Å²) in [5.74, 6) is 0. The SMILES string of the molecule is Cc1c(C(C)NCc2ccc3cc(Cl)ccc3n2)cnn1-c1ccccc1. The number of hydrogen-bond acceptors (Lipinski definition) is 3. The van der Waals surface area contributed by atoms with Crippen molar-refractivity contribution < 1.29 is 0 Å². The summed E-state index contributed by atoms with van der Waals surface area (Å²) in [4.78, 5) is 4.72. The molecule has 1 unspecified atom stereocenters. The predicted molar refractivity (Wildman–Crippen MR) is 110 cm³/mol.